The number of nitrogens with zero attached hydrogens (tertiary/aromatic N) is 1. The van der Waals surface area contributed by atoms with E-state index in [9.17, 15) is 18.0 Å². The Morgan fingerprint density at radius 2 is 1.88 bits per heavy atom. The molecular formula is C24H31N3O5S. The second kappa shape index (κ2) is 9.15. The van der Waals surface area contributed by atoms with Crippen LogP contribution in [0.25, 0.3) is 0 Å². The lowest BCUT2D eigenvalue weighted by Gasteiger charge is -2.39. The van der Waals surface area contributed by atoms with Crippen LogP contribution in [-0.4, -0.2) is 48.2 Å². The highest BCUT2D eigenvalue weighted by Crippen LogP contribution is 2.45. The van der Waals surface area contributed by atoms with Crippen molar-refractivity contribution in [2.24, 2.45) is 0 Å². The van der Waals surface area contributed by atoms with Gasteiger partial charge in [-0.25, -0.2) is 8.42 Å². The molecule has 0 radical (unpaired) electrons. The highest BCUT2D eigenvalue weighted by Gasteiger charge is 2.58. The number of carbonyl (C=O) groups is 2. The quantitative estimate of drug-likeness (QED) is 0.573. The summed E-state index contributed by atoms with van der Waals surface area (Å²) in [4.78, 5) is 24.4. The van der Waals surface area contributed by atoms with E-state index in [0.29, 0.717) is 19.4 Å². The molecule has 1 saturated heterocycles. The highest BCUT2D eigenvalue weighted by atomic mass is 32.2. The first-order chi connectivity index (χ1) is 15.4. The molecule has 33 heavy (non-hydrogen) atoms. The molecule has 2 aromatic rings. The zero-order valence-electron chi connectivity index (χ0n) is 19.4. The molecule has 1 unspecified atom stereocenters. The summed E-state index contributed by atoms with van der Waals surface area (Å²) in [5.41, 5.74) is -0.518. The summed E-state index contributed by atoms with van der Waals surface area (Å²) in [5.74, 6) is -0.775. The van der Waals surface area contributed by atoms with Gasteiger partial charge in [0.05, 0.1) is 11.1 Å². The van der Waals surface area contributed by atoms with Crippen molar-refractivity contribution in [1.29, 1.82) is 0 Å². The molecule has 8 nitrogen and oxygen atoms in total. The van der Waals surface area contributed by atoms with Gasteiger partial charge in [-0.2, -0.15) is 4.31 Å². The van der Waals surface area contributed by atoms with Crippen molar-refractivity contribution < 1.29 is 22.4 Å². The van der Waals surface area contributed by atoms with Crippen LogP contribution in [0, 0.1) is 0 Å². The summed E-state index contributed by atoms with van der Waals surface area (Å²) >= 11 is 0. The molecule has 0 aliphatic carbocycles. The average molecular weight is 474 g/mol. The maximum absolute atomic E-state index is 13.6. The molecule has 2 N–H and O–H groups in total. The van der Waals surface area contributed by atoms with Crippen molar-refractivity contribution in [2.75, 3.05) is 6.54 Å². The van der Waals surface area contributed by atoms with Gasteiger partial charge in [0.2, 0.25) is 11.0 Å². The normalized spacial score (nSPS) is 19.7. The third-order valence-corrected chi connectivity index (χ3v) is 8.17. The zero-order valence-corrected chi connectivity index (χ0v) is 20.2. The van der Waals surface area contributed by atoms with E-state index in [4.69, 9.17) is 4.42 Å². The van der Waals surface area contributed by atoms with Gasteiger partial charge in [0.25, 0.3) is 15.9 Å². The molecule has 1 fully saturated rings. The minimum Gasteiger partial charge on any atom is -0.451 e. The number of amides is 2. The van der Waals surface area contributed by atoms with Gasteiger partial charge in [-0.3, -0.25) is 9.59 Å². The van der Waals surface area contributed by atoms with E-state index in [-0.39, 0.29) is 16.6 Å². The third kappa shape index (κ3) is 5.04. The van der Waals surface area contributed by atoms with Gasteiger partial charge >= 0.3 is 0 Å². The smallest absolute Gasteiger partial charge is 0.277 e. The number of nitrogens with one attached hydrogen (secondary N) is 2. The second-order valence-electron chi connectivity index (χ2n) is 9.35. The first-order valence-corrected chi connectivity index (χ1v) is 12.2. The molecule has 3 rings (SSSR count). The van der Waals surface area contributed by atoms with Gasteiger partial charge in [0, 0.05) is 24.2 Å². The van der Waals surface area contributed by atoms with Crippen LogP contribution in [0.3, 0.4) is 0 Å². The molecule has 0 spiro atoms. The van der Waals surface area contributed by atoms with Gasteiger partial charge in [0.15, 0.2) is 0 Å². The third-order valence-electron chi connectivity index (χ3n) is 6.01. The number of hydrogen-bond donors (Lipinski definition) is 2. The van der Waals surface area contributed by atoms with E-state index in [2.05, 4.69) is 17.2 Å². The Bertz CT molecular complexity index is 1140. The van der Waals surface area contributed by atoms with E-state index in [0.717, 1.165) is 17.9 Å². The van der Waals surface area contributed by atoms with Gasteiger partial charge < -0.3 is 15.1 Å². The summed E-state index contributed by atoms with van der Waals surface area (Å²) in [6, 6.07) is 10.5. The first-order valence-electron chi connectivity index (χ1n) is 10.8. The Morgan fingerprint density at radius 1 is 1.21 bits per heavy atom. The van der Waals surface area contributed by atoms with Crippen LogP contribution in [0.5, 0.6) is 0 Å². The van der Waals surface area contributed by atoms with Crippen molar-refractivity contribution in [2.45, 2.75) is 62.7 Å². The Balaban J connectivity index is 1.76. The number of sulfonamides is 1. The fourth-order valence-electron chi connectivity index (χ4n) is 4.58. The Kier molecular flexibility index (Phi) is 6.85. The molecule has 2 heterocycles. The largest absolute Gasteiger partial charge is 0.451 e. The van der Waals surface area contributed by atoms with Crippen molar-refractivity contribution in [3.8, 4) is 0 Å². The standard InChI is InChI=1S/C24H31N3O5S/c1-6-20(28)26-19-15-23(2,3)27(24(19,4)5)33(30,31)21-14-18(16-32-21)22(29)25-13-12-17-10-8-7-9-11-17/h6-11,14,16,19H,1,12-13,15H2,2-5H3,(H,25,29)(H,26,28). The Hall–Kier alpha value is -2.91. The minimum absolute atomic E-state index is 0.132. The van der Waals surface area contributed by atoms with Crippen LogP contribution < -0.4 is 10.6 Å². The maximum Gasteiger partial charge on any atom is 0.277 e. The number of carbonyl (C=O) groups excluding carboxylic acids is 2. The molecule has 178 valence electrons. The average Bonchev–Trinajstić information content (AvgIpc) is 3.30. The lowest BCUT2D eigenvalue weighted by Crippen LogP contribution is -2.56. The van der Waals surface area contributed by atoms with Crippen LogP contribution >= 0.6 is 0 Å². The van der Waals surface area contributed by atoms with Crippen molar-refractivity contribution in [3.63, 3.8) is 0 Å². The summed E-state index contributed by atoms with van der Waals surface area (Å²) in [5, 5.41) is 5.30. The van der Waals surface area contributed by atoms with Gasteiger partial charge in [-0.15, -0.1) is 0 Å². The predicted molar refractivity (Wildman–Crippen MR) is 125 cm³/mol. The molecule has 0 bridgehead atoms. The van der Waals surface area contributed by atoms with Crippen LogP contribution in [-0.2, 0) is 21.2 Å². The molecule has 1 aliphatic heterocycles. The van der Waals surface area contributed by atoms with Crippen LogP contribution in [0.15, 0.2) is 64.8 Å². The lowest BCUT2D eigenvalue weighted by atomic mass is 9.94. The van der Waals surface area contributed by atoms with E-state index in [1.165, 1.54) is 10.4 Å². The minimum atomic E-state index is -4.10. The number of rotatable bonds is 8. The van der Waals surface area contributed by atoms with Crippen molar-refractivity contribution in [3.05, 3.63) is 66.4 Å². The van der Waals surface area contributed by atoms with Gasteiger partial charge in [0.1, 0.15) is 6.26 Å². The monoisotopic (exact) mass is 473 g/mol. The number of benzene rings is 1. The molecule has 1 aliphatic rings. The molecule has 1 atom stereocenters. The van der Waals surface area contributed by atoms with Crippen LogP contribution in [0.2, 0.25) is 0 Å². The summed E-state index contributed by atoms with van der Waals surface area (Å²) < 4.78 is 33.9. The van der Waals surface area contributed by atoms with Crippen molar-refractivity contribution >= 4 is 21.8 Å². The molecule has 9 heteroatoms. The molecule has 0 saturated carbocycles. The van der Waals surface area contributed by atoms with E-state index < -0.39 is 33.1 Å². The van der Waals surface area contributed by atoms with E-state index in [1.54, 1.807) is 27.7 Å². The molecule has 2 amide bonds. The summed E-state index contributed by atoms with van der Waals surface area (Å²) in [6.45, 7) is 11.0. The molecular weight excluding hydrogens is 442 g/mol. The number of furan rings is 1. The van der Waals surface area contributed by atoms with E-state index >= 15 is 0 Å². The van der Waals surface area contributed by atoms with Gasteiger partial charge in [-0.1, -0.05) is 36.9 Å². The summed E-state index contributed by atoms with van der Waals surface area (Å²) in [7, 11) is -4.10. The summed E-state index contributed by atoms with van der Waals surface area (Å²) in [6.07, 6.45) is 3.38. The maximum atomic E-state index is 13.6. The fourth-order valence-corrected chi connectivity index (χ4v) is 6.67. The molecule has 1 aromatic heterocycles. The highest BCUT2D eigenvalue weighted by molar-refractivity contribution is 7.89. The first kappa shape index (κ1) is 24.7. The van der Waals surface area contributed by atoms with Crippen LogP contribution in [0.1, 0.15) is 50.0 Å². The fraction of sp³-hybridized carbons (Fsp3) is 0.417. The second-order valence-corrected chi connectivity index (χ2v) is 11.1. The lowest BCUT2D eigenvalue weighted by molar-refractivity contribution is -0.117. The topological polar surface area (TPSA) is 109 Å². The molecule has 1 aromatic carbocycles. The van der Waals surface area contributed by atoms with Crippen molar-refractivity contribution in [1.82, 2.24) is 14.9 Å². The van der Waals surface area contributed by atoms with Crippen LogP contribution in [0.4, 0.5) is 0 Å². The predicted octanol–water partition coefficient (Wildman–Crippen LogP) is 2.87. The SMILES string of the molecule is C=CC(=O)NC1CC(C)(C)N(S(=O)(=O)c2cc(C(=O)NCCc3ccccc3)co2)C1(C)C. The Labute approximate surface area is 195 Å². The zero-order chi connectivity index (χ0) is 24.4. The van der Waals surface area contributed by atoms with E-state index in [1.807, 2.05) is 30.3 Å². The number of hydrogen-bond acceptors (Lipinski definition) is 5. The van der Waals surface area contributed by atoms with Gasteiger partial charge in [-0.05, 0) is 52.2 Å². The Morgan fingerprint density at radius 3 is 2.52 bits per heavy atom.